The quantitative estimate of drug-likeness (QED) is 0.336. The number of likely N-dealkylation sites (tertiary alicyclic amines) is 1. The fourth-order valence-corrected chi connectivity index (χ4v) is 6.64. The van der Waals surface area contributed by atoms with Crippen molar-refractivity contribution in [1.82, 2.24) is 14.7 Å². The SMILES string of the molecule is Cc1c(F)cccc1C1C(C(=O)c2cccc(O)c2)CN([C@@H](CN)C(=O)N2CCN(C)CC2)CC1C(=O)c1cccc(O)c1. The number of ketones is 2. The van der Waals surface area contributed by atoms with Crippen LogP contribution in [0.3, 0.4) is 0 Å². The topological polar surface area (TPSA) is 127 Å². The van der Waals surface area contributed by atoms with Crippen molar-refractivity contribution in [3.8, 4) is 11.5 Å². The molecule has 2 aliphatic heterocycles. The first-order valence-electron chi connectivity index (χ1n) is 14.9. The number of piperidine rings is 1. The number of piperazine rings is 1. The smallest absolute Gasteiger partial charge is 0.241 e. The third-order valence-corrected chi connectivity index (χ3v) is 9.10. The Labute approximate surface area is 256 Å². The van der Waals surface area contributed by atoms with Gasteiger partial charge < -0.3 is 25.7 Å². The van der Waals surface area contributed by atoms with Crippen molar-refractivity contribution in [2.75, 3.05) is 52.9 Å². The molecule has 2 aliphatic rings. The monoisotopic (exact) mass is 602 g/mol. The van der Waals surface area contributed by atoms with E-state index in [1.807, 2.05) is 11.9 Å². The molecule has 0 saturated carbocycles. The number of likely N-dealkylation sites (N-methyl/N-ethyl adjacent to an activating group) is 1. The number of carbonyl (C=O) groups is 3. The van der Waals surface area contributed by atoms with Crippen LogP contribution in [0.15, 0.2) is 66.7 Å². The van der Waals surface area contributed by atoms with Crippen molar-refractivity contribution in [3.63, 3.8) is 0 Å². The molecule has 0 aromatic heterocycles. The highest BCUT2D eigenvalue weighted by molar-refractivity contribution is 6.02. The van der Waals surface area contributed by atoms with E-state index in [-0.39, 0.29) is 59.7 Å². The number of nitrogens with zero attached hydrogens (tertiary/aromatic N) is 3. The van der Waals surface area contributed by atoms with Crippen LogP contribution >= 0.6 is 0 Å². The highest BCUT2D eigenvalue weighted by Gasteiger charge is 2.48. The first-order valence-corrected chi connectivity index (χ1v) is 14.9. The van der Waals surface area contributed by atoms with Crippen molar-refractivity contribution < 1.29 is 29.0 Å². The normalized spacial score (nSPS) is 22.0. The molecule has 9 nitrogen and oxygen atoms in total. The summed E-state index contributed by atoms with van der Waals surface area (Å²) >= 11 is 0. The number of phenols is 2. The highest BCUT2D eigenvalue weighted by Crippen LogP contribution is 2.43. The van der Waals surface area contributed by atoms with Gasteiger partial charge in [0.2, 0.25) is 5.91 Å². The van der Waals surface area contributed by atoms with Gasteiger partial charge in [-0.05, 0) is 55.4 Å². The highest BCUT2D eigenvalue weighted by atomic mass is 19.1. The Balaban J connectivity index is 1.63. The van der Waals surface area contributed by atoms with Crippen LogP contribution in [-0.4, -0.2) is 101 Å². The lowest BCUT2D eigenvalue weighted by atomic mass is 9.67. The summed E-state index contributed by atoms with van der Waals surface area (Å²) < 4.78 is 15.0. The summed E-state index contributed by atoms with van der Waals surface area (Å²) in [5, 5.41) is 20.4. The zero-order valence-electron chi connectivity index (χ0n) is 25.0. The van der Waals surface area contributed by atoms with Gasteiger partial charge in [-0.15, -0.1) is 0 Å². The lowest BCUT2D eigenvalue weighted by molar-refractivity contribution is -0.139. The van der Waals surface area contributed by atoms with E-state index in [4.69, 9.17) is 5.73 Å². The van der Waals surface area contributed by atoms with Crippen molar-refractivity contribution in [2.45, 2.75) is 18.9 Å². The van der Waals surface area contributed by atoms with E-state index in [1.165, 1.54) is 30.3 Å². The average Bonchev–Trinajstić information content (AvgIpc) is 3.02. The molecule has 3 aromatic carbocycles. The third-order valence-electron chi connectivity index (χ3n) is 9.10. The van der Waals surface area contributed by atoms with Gasteiger partial charge in [-0.1, -0.05) is 36.4 Å². The second-order valence-corrected chi connectivity index (χ2v) is 11.9. The molecule has 2 heterocycles. The number of hydrogen-bond acceptors (Lipinski definition) is 8. The summed E-state index contributed by atoms with van der Waals surface area (Å²) in [7, 11) is 2.00. The number of nitrogens with two attached hydrogens (primary N) is 1. The second kappa shape index (κ2) is 13.3. The van der Waals surface area contributed by atoms with E-state index in [0.717, 1.165) is 13.1 Å². The Morgan fingerprint density at radius 3 is 1.89 bits per heavy atom. The first kappa shape index (κ1) is 31.3. The average molecular weight is 603 g/mol. The van der Waals surface area contributed by atoms with Crippen LogP contribution in [0.5, 0.6) is 11.5 Å². The number of hydrogen-bond donors (Lipinski definition) is 3. The summed E-state index contributed by atoms with van der Waals surface area (Å²) in [5.74, 6) is -3.98. The van der Waals surface area contributed by atoms with Crippen LogP contribution in [0.2, 0.25) is 0 Å². The Morgan fingerprint density at radius 1 is 0.864 bits per heavy atom. The molecule has 10 heteroatoms. The van der Waals surface area contributed by atoms with Gasteiger partial charge in [0.25, 0.3) is 0 Å². The first-order chi connectivity index (χ1) is 21.1. The predicted molar refractivity (Wildman–Crippen MR) is 164 cm³/mol. The van der Waals surface area contributed by atoms with Crippen LogP contribution in [0.25, 0.3) is 0 Å². The van der Waals surface area contributed by atoms with E-state index < -0.39 is 29.6 Å². The number of benzene rings is 3. The Morgan fingerprint density at radius 2 is 1.39 bits per heavy atom. The maximum absolute atomic E-state index is 15.0. The fraction of sp³-hybridized carbons (Fsp3) is 0.382. The zero-order valence-corrected chi connectivity index (χ0v) is 25.0. The summed E-state index contributed by atoms with van der Waals surface area (Å²) in [6.45, 7) is 4.34. The van der Waals surface area contributed by atoms with Crippen LogP contribution in [0.4, 0.5) is 4.39 Å². The van der Waals surface area contributed by atoms with Gasteiger partial charge in [0.1, 0.15) is 23.4 Å². The third kappa shape index (κ3) is 6.38. The van der Waals surface area contributed by atoms with Crippen molar-refractivity contribution >= 4 is 17.5 Å². The predicted octanol–water partition coefficient (Wildman–Crippen LogP) is 3.04. The number of Topliss-reactive ketones (excluding diaryl/α,β-unsaturated/α-hetero) is 2. The summed E-state index contributed by atoms with van der Waals surface area (Å²) in [4.78, 5) is 48.3. The van der Waals surface area contributed by atoms with Gasteiger partial charge in [0, 0.05) is 74.7 Å². The molecule has 232 valence electrons. The molecule has 44 heavy (non-hydrogen) atoms. The molecule has 2 unspecified atom stereocenters. The number of carbonyl (C=O) groups excluding carboxylic acids is 3. The lowest BCUT2D eigenvalue weighted by Gasteiger charge is -2.46. The minimum absolute atomic E-state index is 0.0189. The van der Waals surface area contributed by atoms with Crippen LogP contribution in [0.1, 0.15) is 37.8 Å². The second-order valence-electron chi connectivity index (χ2n) is 11.9. The van der Waals surface area contributed by atoms with Gasteiger partial charge in [-0.25, -0.2) is 4.39 Å². The van der Waals surface area contributed by atoms with Crippen molar-refractivity contribution in [3.05, 3.63) is 94.8 Å². The van der Waals surface area contributed by atoms with Gasteiger partial charge in [0.05, 0.1) is 0 Å². The molecule has 2 saturated heterocycles. The van der Waals surface area contributed by atoms with Gasteiger partial charge in [0.15, 0.2) is 11.6 Å². The molecule has 0 spiro atoms. The Hall–Kier alpha value is -4.12. The zero-order chi connectivity index (χ0) is 31.5. The van der Waals surface area contributed by atoms with Gasteiger partial charge in [-0.3, -0.25) is 19.3 Å². The largest absolute Gasteiger partial charge is 0.508 e. The molecule has 1 amide bonds. The van der Waals surface area contributed by atoms with Gasteiger partial charge >= 0.3 is 0 Å². The molecule has 0 bridgehead atoms. The van der Waals surface area contributed by atoms with E-state index in [0.29, 0.717) is 24.2 Å². The number of aromatic hydroxyl groups is 2. The minimum atomic E-state index is -0.883. The fourth-order valence-electron chi connectivity index (χ4n) is 6.64. The molecule has 5 rings (SSSR count). The van der Waals surface area contributed by atoms with Gasteiger partial charge in [-0.2, -0.15) is 0 Å². The van der Waals surface area contributed by atoms with E-state index in [1.54, 1.807) is 48.2 Å². The van der Waals surface area contributed by atoms with Crippen LogP contribution in [0, 0.1) is 24.6 Å². The molecule has 3 aromatic rings. The Bertz CT molecular complexity index is 1470. The van der Waals surface area contributed by atoms with Crippen molar-refractivity contribution in [2.24, 2.45) is 17.6 Å². The number of rotatable bonds is 8. The lowest BCUT2D eigenvalue weighted by Crippen LogP contribution is -2.61. The van der Waals surface area contributed by atoms with Crippen LogP contribution in [-0.2, 0) is 4.79 Å². The molecule has 4 N–H and O–H groups in total. The number of amides is 1. The number of phenolic OH excluding ortho intramolecular Hbond substituents is 2. The molecule has 3 atom stereocenters. The molecule has 2 fully saturated rings. The molecular weight excluding hydrogens is 563 g/mol. The van der Waals surface area contributed by atoms with Crippen LogP contribution < -0.4 is 5.73 Å². The summed E-state index contributed by atoms with van der Waals surface area (Å²) in [5.41, 5.74) is 7.59. The van der Waals surface area contributed by atoms with E-state index >= 15 is 4.39 Å². The minimum Gasteiger partial charge on any atom is -0.508 e. The van der Waals surface area contributed by atoms with Crippen molar-refractivity contribution in [1.29, 1.82) is 0 Å². The molecular formula is C34H39FN4O5. The maximum Gasteiger partial charge on any atom is 0.241 e. The standard InChI is InChI=1S/C34H39FN4O5/c1-21-26(10-5-11-29(21)35)31-27(32(42)22-6-3-8-24(40)16-22)19-39(20-28(31)33(43)23-7-4-9-25(41)17-23)30(18-36)34(44)38-14-12-37(2)13-15-38/h3-11,16-17,27-28,30-31,40-41H,12-15,18-20,36H2,1-2H3/t27?,28?,30-,31?/m0/s1. The maximum atomic E-state index is 15.0. The summed E-state index contributed by atoms with van der Waals surface area (Å²) in [6, 6.07) is 15.9. The number of halogens is 1. The van der Waals surface area contributed by atoms with E-state index in [9.17, 15) is 24.6 Å². The molecule has 0 radical (unpaired) electrons. The summed E-state index contributed by atoms with van der Waals surface area (Å²) in [6.07, 6.45) is 0. The molecule has 0 aliphatic carbocycles. The van der Waals surface area contributed by atoms with E-state index in [2.05, 4.69) is 4.90 Å². The Kier molecular flexibility index (Phi) is 9.43.